The zero-order valence-electron chi connectivity index (χ0n) is 12.8. The number of carbonyl (C=O) groups is 2. The lowest BCUT2D eigenvalue weighted by Crippen LogP contribution is -2.42. The van der Waals surface area contributed by atoms with Crippen molar-refractivity contribution in [1.82, 2.24) is 4.90 Å². The van der Waals surface area contributed by atoms with Crippen molar-refractivity contribution in [3.05, 3.63) is 29.3 Å². The third-order valence-corrected chi connectivity index (χ3v) is 5.75. The smallest absolute Gasteiger partial charge is 0.233 e. The van der Waals surface area contributed by atoms with Crippen molar-refractivity contribution in [2.24, 2.45) is 0 Å². The minimum absolute atomic E-state index is 0.0224. The summed E-state index contributed by atoms with van der Waals surface area (Å²) in [7, 11) is -3.07. The fourth-order valence-electron chi connectivity index (χ4n) is 2.64. The summed E-state index contributed by atoms with van der Waals surface area (Å²) in [4.78, 5) is 25.7. The van der Waals surface area contributed by atoms with Crippen LogP contribution >= 0.6 is 11.6 Å². The summed E-state index contributed by atoms with van der Waals surface area (Å²) in [5.41, 5.74) is 0.554. The average Bonchev–Trinajstić information content (AvgIpc) is 2.82. The summed E-state index contributed by atoms with van der Waals surface area (Å²) in [6, 6.07) is 6.24. The van der Waals surface area contributed by atoms with Crippen molar-refractivity contribution in [1.29, 1.82) is 0 Å². The zero-order valence-corrected chi connectivity index (χ0v) is 14.4. The molecule has 1 aromatic rings. The third kappa shape index (κ3) is 4.94. The van der Waals surface area contributed by atoms with E-state index >= 15 is 0 Å². The minimum atomic E-state index is -3.07. The van der Waals surface area contributed by atoms with Gasteiger partial charge in [-0.15, -0.1) is 0 Å². The summed E-state index contributed by atoms with van der Waals surface area (Å²) < 4.78 is 23.1. The van der Waals surface area contributed by atoms with E-state index < -0.39 is 15.7 Å². The molecule has 0 bridgehead atoms. The molecule has 1 fully saturated rings. The molecule has 1 atom stereocenters. The van der Waals surface area contributed by atoms with Gasteiger partial charge in [0, 0.05) is 23.3 Å². The lowest BCUT2D eigenvalue weighted by Gasteiger charge is -2.26. The van der Waals surface area contributed by atoms with Crippen LogP contribution < -0.4 is 5.32 Å². The number of sulfone groups is 1. The number of carbonyl (C=O) groups excluding carboxylic acids is 2. The summed E-state index contributed by atoms with van der Waals surface area (Å²) in [6.45, 7) is 2.16. The first-order valence-corrected chi connectivity index (χ1v) is 9.56. The molecule has 1 heterocycles. The van der Waals surface area contributed by atoms with Crippen molar-refractivity contribution in [3.63, 3.8) is 0 Å². The van der Waals surface area contributed by atoms with Crippen molar-refractivity contribution in [2.45, 2.75) is 25.8 Å². The molecule has 23 heavy (non-hydrogen) atoms. The number of nitrogens with zero attached hydrogens (tertiary/aromatic N) is 1. The molecule has 0 aromatic heterocycles. The number of hydrogen-bond donors (Lipinski definition) is 1. The van der Waals surface area contributed by atoms with Gasteiger partial charge in [-0.05, 0) is 37.6 Å². The van der Waals surface area contributed by atoms with E-state index in [0.717, 1.165) is 0 Å². The van der Waals surface area contributed by atoms with Crippen LogP contribution in [-0.4, -0.2) is 49.2 Å². The van der Waals surface area contributed by atoms with Crippen molar-refractivity contribution < 1.29 is 18.0 Å². The Morgan fingerprint density at radius 3 is 2.48 bits per heavy atom. The Balaban J connectivity index is 1.93. The largest absolute Gasteiger partial charge is 0.338 e. The van der Waals surface area contributed by atoms with E-state index in [2.05, 4.69) is 5.32 Å². The van der Waals surface area contributed by atoms with E-state index in [9.17, 15) is 18.0 Å². The monoisotopic (exact) mass is 358 g/mol. The summed E-state index contributed by atoms with van der Waals surface area (Å²) in [6.07, 6.45) is 0.119. The average molecular weight is 359 g/mol. The van der Waals surface area contributed by atoms with Crippen molar-refractivity contribution in [2.75, 3.05) is 23.4 Å². The SMILES string of the molecule is CCN(C(=O)CC(=O)Nc1ccc(Cl)cc1)C1CCS(=O)(=O)C1. The van der Waals surface area contributed by atoms with Gasteiger partial charge >= 0.3 is 0 Å². The maximum Gasteiger partial charge on any atom is 0.233 e. The molecule has 1 aliphatic rings. The van der Waals surface area contributed by atoms with Crippen LogP contribution in [0.4, 0.5) is 5.69 Å². The lowest BCUT2D eigenvalue weighted by atomic mass is 10.2. The highest BCUT2D eigenvalue weighted by molar-refractivity contribution is 7.91. The molecular weight excluding hydrogens is 340 g/mol. The van der Waals surface area contributed by atoms with Crippen molar-refractivity contribution in [3.8, 4) is 0 Å². The van der Waals surface area contributed by atoms with Gasteiger partial charge in [0.15, 0.2) is 9.84 Å². The van der Waals surface area contributed by atoms with Gasteiger partial charge < -0.3 is 10.2 Å². The van der Waals surface area contributed by atoms with Gasteiger partial charge in [-0.2, -0.15) is 0 Å². The molecule has 0 spiro atoms. The molecule has 126 valence electrons. The molecule has 0 aliphatic carbocycles. The fourth-order valence-corrected chi connectivity index (χ4v) is 4.49. The number of rotatable bonds is 5. The molecule has 0 saturated carbocycles. The molecule has 1 aromatic carbocycles. The predicted octanol–water partition coefficient (Wildman–Crippen LogP) is 1.70. The Morgan fingerprint density at radius 2 is 1.96 bits per heavy atom. The van der Waals surface area contributed by atoms with Crippen LogP contribution in [0.5, 0.6) is 0 Å². The first-order valence-electron chi connectivity index (χ1n) is 7.36. The standard InChI is InChI=1S/C15H19ClN2O4S/c1-2-18(13-7-8-23(21,22)10-13)15(20)9-14(19)17-12-5-3-11(16)4-6-12/h3-6,13H,2,7-10H2,1H3,(H,17,19). The first-order chi connectivity index (χ1) is 10.8. The predicted molar refractivity (Wildman–Crippen MR) is 89.1 cm³/mol. The zero-order chi connectivity index (χ0) is 17.0. The van der Waals surface area contributed by atoms with E-state index in [1.165, 1.54) is 4.90 Å². The van der Waals surface area contributed by atoms with Crippen LogP contribution in [0.2, 0.25) is 5.02 Å². The maximum absolute atomic E-state index is 12.3. The fraction of sp³-hybridized carbons (Fsp3) is 0.467. The minimum Gasteiger partial charge on any atom is -0.338 e. The molecule has 0 radical (unpaired) electrons. The van der Waals surface area contributed by atoms with Gasteiger partial charge in [0.1, 0.15) is 6.42 Å². The van der Waals surface area contributed by atoms with Gasteiger partial charge in [0.05, 0.1) is 11.5 Å². The van der Waals surface area contributed by atoms with Gasteiger partial charge in [-0.25, -0.2) is 8.42 Å². The van der Waals surface area contributed by atoms with Gasteiger partial charge in [-0.1, -0.05) is 11.6 Å². The van der Waals surface area contributed by atoms with Crippen LogP contribution in [0, 0.1) is 0 Å². The summed E-state index contributed by atoms with van der Waals surface area (Å²) >= 11 is 5.77. The Kier molecular flexibility index (Phi) is 5.64. The number of benzene rings is 1. The molecule has 8 heteroatoms. The molecule has 1 unspecified atom stereocenters. The molecule has 6 nitrogen and oxygen atoms in total. The van der Waals surface area contributed by atoms with E-state index in [0.29, 0.717) is 23.7 Å². The van der Waals surface area contributed by atoms with Crippen LogP contribution in [0.15, 0.2) is 24.3 Å². The van der Waals surface area contributed by atoms with E-state index in [1.54, 1.807) is 31.2 Å². The highest BCUT2D eigenvalue weighted by atomic mass is 35.5. The van der Waals surface area contributed by atoms with Crippen LogP contribution in [0.3, 0.4) is 0 Å². The Labute approximate surface area is 140 Å². The second-order valence-electron chi connectivity index (χ2n) is 5.47. The highest BCUT2D eigenvalue weighted by Crippen LogP contribution is 2.19. The first kappa shape index (κ1) is 17.7. The molecule has 2 rings (SSSR count). The third-order valence-electron chi connectivity index (χ3n) is 3.75. The maximum atomic E-state index is 12.3. The topological polar surface area (TPSA) is 83.6 Å². The van der Waals surface area contributed by atoms with Crippen LogP contribution in [-0.2, 0) is 19.4 Å². The molecule has 2 amide bonds. The van der Waals surface area contributed by atoms with Crippen LogP contribution in [0.1, 0.15) is 19.8 Å². The van der Waals surface area contributed by atoms with Crippen molar-refractivity contribution >= 4 is 38.9 Å². The normalized spacial score (nSPS) is 19.3. The molecule has 1 N–H and O–H groups in total. The summed E-state index contributed by atoms with van der Waals surface area (Å²) in [5, 5.41) is 3.18. The number of hydrogen-bond acceptors (Lipinski definition) is 4. The number of amides is 2. The Morgan fingerprint density at radius 1 is 1.30 bits per heavy atom. The van der Waals surface area contributed by atoms with Gasteiger partial charge in [0.2, 0.25) is 11.8 Å². The van der Waals surface area contributed by atoms with E-state index in [-0.39, 0.29) is 29.9 Å². The van der Waals surface area contributed by atoms with Gasteiger partial charge in [0.25, 0.3) is 0 Å². The Hall–Kier alpha value is -1.60. The number of nitrogens with one attached hydrogen (secondary N) is 1. The quantitative estimate of drug-likeness (QED) is 0.812. The molecule has 1 saturated heterocycles. The second kappa shape index (κ2) is 7.31. The number of halogens is 1. The lowest BCUT2D eigenvalue weighted by molar-refractivity contribution is -0.135. The number of anilines is 1. The second-order valence-corrected chi connectivity index (χ2v) is 8.13. The van der Waals surface area contributed by atoms with E-state index in [4.69, 9.17) is 11.6 Å². The Bertz CT molecular complexity index is 688. The van der Waals surface area contributed by atoms with E-state index in [1.807, 2.05) is 0 Å². The summed E-state index contributed by atoms with van der Waals surface area (Å²) in [5.74, 6) is -0.721. The molecule has 1 aliphatic heterocycles. The van der Waals surface area contributed by atoms with Crippen LogP contribution in [0.25, 0.3) is 0 Å². The molecular formula is C15H19ClN2O4S. The highest BCUT2D eigenvalue weighted by Gasteiger charge is 2.34. The van der Waals surface area contributed by atoms with Gasteiger partial charge in [-0.3, -0.25) is 9.59 Å².